The number of aromatic nitrogens is 2. The number of hydrogen-bond acceptors (Lipinski definition) is 8. The van der Waals surface area contributed by atoms with Crippen LogP contribution in [0.15, 0.2) is 102 Å². The van der Waals surface area contributed by atoms with Gasteiger partial charge in [-0.15, -0.1) is 0 Å². The summed E-state index contributed by atoms with van der Waals surface area (Å²) in [5, 5.41) is 9.87. The van der Waals surface area contributed by atoms with Crippen LogP contribution in [0.4, 0.5) is 5.13 Å². The van der Waals surface area contributed by atoms with Crippen LogP contribution in [0.25, 0.3) is 22.3 Å². The smallest absolute Gasteiger partial charge is 0.267 e. The Morgan fingerprint density at radius 1 is 0.895 bits per heavy atom. The zero-order chi connectivity index (χ0) is 26.5. The van der Waals surface area contributed by atoms with E-state index < -0.39 is 10.0 Å². The molecule has 1 aromatic heterocycles. The number of ether oxygens (including phenoxy) is 1. The molecule has 1 N–H and O–H groups in total. The van der Waals surface area contributed by atoms with E-state index in [0.29, 0.717) is 22.4 Å². The topological polar surface area (TPSA) is 122 Å². The third-order valence-corrected chi connectivity index (χ3v) is 7.68. The van der Waals surface area contributed by atoms with Gasteiger partial charge in [-0.25, -0.2) is 13.4 Å². The fourth-order valence-corrected chi connectivity index (χ4v) is 5.67. The molecule has 38 heavy (non-hydrogen) atoms. The zero-order valence-electron chi connectivity index (χ0n) is 19.6. The molecule has 8 nitrogen and oxygen atoms in total. The number of nitrogens with zero attached hydrogens (tertiary/aromatic N) is 3. The summed E-state index contributed by atoms with van der Waals surface area (Å²) in [6.07, 6.45) is 1.99. The Hall–Kier alpha value is -4.85. The molecule has 0 radical (unpaired) electrons. The molecular formula is C28H18N4O4S2. The van der Waals surface area contributed by atoms with E-state index in [9.17, 15) is 18.5 Å². The molecule has 0 unspecified atom stereocenters. The Morgan fingerprint density at radius 3 is 2.42 bits per heavy atom. The highest BCUT2D eigenvalue weighted by molar-refractivity contribution is 7.93. The first-order chi connectivity index (χ1) is 18.5. The Kier molecular flexibility index (Phi) is 6.95. The minimum Gasteiger partial charge on any atom is -0.454 e. The third kappa shape index (κ3) is 5.15. The van der Waals surface area contributed by atoms with Crippen LogP contribution in [-0.4, -0.2) is 24.1 Å². The second-order valence-corrected chi connectivity index (χ2v) is 10.4. The van der Waals surface area contributed by atoms with Crippen LogP contribution in [0, 0.1) is 11.3 Å². The quantitative estimate of drug-likeness (QED) is 0.235. The summed E-state index contributed by atoms with van der Waals surface area (Å²) in [5.41, 5.74) is 3.67. The van der Waals surface area contributed by atoms with Crippen molar-refractivity contribution in [2.45, 2.75) is 4.90 Å². The standard InChI is InChI=1S/C28H18N4O4S2/c29-16-23-10-5-11-26(38(34,35)32-28-30-18-31-37-28)27(23)36-25-13-12-21(20-7-2-1-3-8-20)15-24(25)22-9-4-6-19(14-22)17-33/h1-15,17-18H,(H,30,31,32). The van der Waals surface area contributed by atoms with Gasteiger partial charge >= 0.3 is 0 Å². The van der Waals surface area contributed by atoms with E-state index in [0.717, 1.165) is 28.9 Å². The number of hydrogen-bond donors (Lipinski definition) is 1. The van der Waals surface area contributed by atoms with Gasteiger partial charge in [0.1, 0.15) is 29.3 Å². The first kappa shape index (κ1) is 24.8. The van der Waals surface area contributed by atoms with Gasteiger partial charge in [0.2, 0.25) is 5.13 Å². The molecule has 4 aromatic carbocycles. The van der Waals surface area contributed by atoms with Crippen LogP contribution >= 0.6 is 11.5 Å². The molecule has 0 aliphatic rings. The van der Waals surface area contributed by atoms with Crippen molar-refractivity contribution in [3.05, 3.63) is 108 Å². The number of benzene rings is 4. The highest BCUT2D eigenvalue weighted by atomic mass is 32.2. The van der Waals surface area contributed by atoms with Gasteiger partial charge in [-0.3, -0.25) is 9.52 Å². The minimum atomic E-state index is -4.17. The monoisotopic (exact) mass is 538 g/mol. The van der Waals surface area contributed by atoms with Crippen molar-refractivity contribution in [2.75, 3.05) is 4.72 Å². The maximum atomic E-state index is 13.3. The molecule has 0 saturated heterocycles. The van der Waals surface area contributed by atoms with Crippen molar-refractivity contribution in [3.8, 4) is 39.8 Å². The number of carbonyl (C=O) groups excluding carboxylic acids is 1. The summed E-state index contributed by atoms with van der Waals surface area (Å²) in [6, 6.07) is 28.5. The molecule has 0 aliphatic heterocycles. The maximum Gasteiger partial charge on any atom is 0.267 e. The molecular weight excluding hydrogens is 520 g/mol. The molecule has 0 saturated carbocycles. The highest BCUT2D eigenvalue weighted by Gasteiger charge is 2.25. The summed E-state index contributed by atoms with van der Waals surface area (Å²) >= 11 is 0.881. The van der Waals surface area contributed by atoms with Crippen LogP contribution in [0.2, 0.25) is 0 Å². The van der Waals surface area contributed by atoms with Crippen LogP contribution in [0.1, 0.15) is 15.9 Å². The van der Waals surface area contributed by atoms with Gasteiger partial charge in [-0.05, 0) is 47.0 Å². The van der Waals surface area contributed by atoms with Gasteiger partial charge in [-0.1, -0.05) is 60.7 Å². The molecule has 5 aromatic rings. The van der Waals surface area contributed by atoms with Crippen LogP contribution in [-0.2, 0) is 10.0 Å². The van der Waals surface area contributed by atoms with Gasteiger partial charge in [-0.2, -0.15) is 9.64 Å². The van der Waals surface area contributed by atoms with E-state index in [-0.39, 0.29) is 21.3 Å². The first-order valence-electron chi connectivity index (χ1n) is 11.2. The lowest BCUT2D eigenvalue weighted by Crippen LogP contribution is -2.14. The molecule has 0 spiro atoms. The van der Waals surface area contributed by atoms with Crippen molar-refractivity contribution in [2.24, 2.45) is 0 Å². The zero-order valence-corrected chi connectivity index (χ0v) is 21.2. The number of carbonyl (C=O) groups is 1. The lowest BCUT2D eigenvalue weighted by molar-refractivity contribution is 0.112. The Balaban J connectivity index is 1.66. The molecule has 186 valence electrons. The largest absolute Gasteiger partial charge is 0.454 e. The van der Waals surface area contributed by atoms with Crippen molar-refractivity contribution >= 4 is 33.0 Å². The number of para-hydroxylation sites is 1. The first-order valence-corrected chi connectivity index (χ1v) is 13.5. The average molecular weight is 539 g/mol. The number of aldehydes is 1. The average Bonchev–Trinajstić information content (AvgIpc) is 3.46. The van der Waals surface area contributed by atoms with Crippen LogP contribution in [0.5, 0.6) is 11.5 Å². The predicted molar refractivity (Wildman–Crippen MR) is 145 cm³/mol. The van der Waals surface area contributed by atoms with E-state index in [1.165, 1.54) is 24.5 Å². The molecule has 5 rings (SSSR count). The van der Waals surface area contributed by atoms with Crippen molar-refractivity contribution in [1.29, 1.82) is 5.26 Å². The fraction of sp³-hybridized carbons (Fsp3) is 0. The van der Waals surface area contributed by atoms with Gasteiger partial charge in [0, 0.05) is 22.7 Å². The Morgan fingerprint density at radius 2 is 1.68 bits per heavy atom. The number of nitrogens with one attached hydrogen (secondary N) is 1. The summed E-state index contributed by atoms with van der Waals surface area (Å²) in [7, 11) is -4.17. The number of rotatable bonds is 8. The normalized spacial score (nSPS) is 10.9. The second kappa shape index (κ2) is 10.6. The van der Waals surface area contributed by atoms with Crippen LogP contribution < -0.4 is 9.46 Å². The minimum absolute atomic E-state index is 0.0323. The SMILES string of the molecule is N#Cc1cccc(S(=O)(=O)Nc2ncns2)c1Oc1ccc(-c2ccccc2)cc1-c1cccc(C=O)c1. The van der Waals surface area contributed by atoms with Gasteiger partial charge in [0.15, 0.2) is 5.75 Å². The summed E-state index contributed by atoms with van der Waals surface area (Å²) < 4.78 is 38.9. The molecule has 0 amide bonds. The van der Waals surface area contributed by atoms with Gasteiger partial charge in [0.05, 0.1) is 5.56 Å². The third-order valence-electron chi connectivity index (χ3n) is 5.60. The molecule has 10 heteroatoms. The Labute approximate surface area is 223 Å². The molecule has 0 aliphatic carbocycles. The number of anilines is 1. The summed E-state index contributed by atoms with van der Waals surface area (Å²) in [4.78, 5) is 15.1. The van der Waals surface area contributed by atoms with Crippen LogP contribution in [0.3, 0.4) is 0 Å². The Bertz CT molecular complexity index is 1760. The number of sulfonamides is 1. The van der Waals surface area contributed by atoms with E-state index in [1.807, 2.05) is 54.6 Å². The van der Waals surface area contributed by atoms with Gasteiger partial charge in [0.25, 0.3) is 10.0 Å². The van der Waals surface area contributed by atoms with E-state index in [1.54, 1.807) is 24.3 Å². The highest BCUT2D eigenvalue weighted by Crippen LogP contribution is 2.40. The molecule has 0 atom stereocenters. The second-order valence-electron chi connectivity index (χ2n) is 8.02. The maximum absolute atomic E-state index is 13.3. The van der Waals surface area contributed by atoms with E-state index >= 15 is 0 Å². The summed E-state index contributed by atoms with van der Waals surface area (Å²) in [6.45, 7) is 0. The molecule has 0 bridgehead atoms. The lowest BCUT2D eigenvalue weighted by atomic mass is 9.97. The molecule has 0 fully saturated rings. The summed E-state index contributed by atoms with van der Waals surface area (Å²) in [5.74, 6) is 0.176. The van der Waals surface area contributed by atoms with E-state index in [2.05, 4.69) is 14.1 Å². The van der Waals surface area contributed by atoms with Crippen molar-refractivity contribution in [1.82, 2.24) is 9.36 Å². The fourth-order valence-electron chi connectivity index (χ4n) is 3.85. The van der Waals surface area contributed by atoms with Gasteiger partial charge < -0.3 is 4.74 Å². The van der Waals surface area contributed by atoms with Crippen molar-refractivity contribution in [3.63, 3.8) is 0 Å². The predicted octanol–water partition coefficient (Wildman–Crippen LogP) is 6.15. The van der Waals surface area contributed by atoms with Crippen molar-refractivity contribution < 1.29 is 17.9 Å². The lowest BCUT2D eigenvalue weighted by Gasteiger charge is -2.17. The molecule has 1 heterocycles. The van der Waals surface area contributed by atoms with E-state index in [4.69, 9.17) is 4.74 Å². The number of nitriles is 1.